The third-order valence-electron chi connectivity index (χ3n) is 4.62. The molecule has 0 aliphatic carbocycles. The van der Waals surface area contributed by atoms with Gasteiger partial charge in [0, 0.05) is 37.9 Å². The minimum absolute atomic E-state index is 0.0943. The van der Waals surface area contributed by atoms with Crippen molar-refractivity contribution in [3.63, 3.8) is 0 Å². The van der Waals surface area contributed by atoms with Crippen LogP contribution in [0.25, 0.3) is 0 Å². The van der Waals surface area contributed by atoms with Crippen molar-refractivity contribution in [3.05, 3.63) is 57.9 Å². The van der Waals surface area contributed by atoms with Gasteiger partial charge >= 0.3 is 13.4 Å². The van der Waals surface area contributed by atoms with E-state index in [1.54, 1.807) is 31.2 Å². The molecule has 1 aromatic carbocycles. The Balaban J connectivity index is 1.59. The highest BCUT2D eigenvalue weighted by atomic mass is 31.2. The number of nitro benzene ring substituents is 1. The van der Waals surface area contributed by atoms with Crippen LogP contribution in [0.15, 0.2) is 36.5 Å². The number of rotatable bonds is 8. The summed E-state index contributed by atoms with van der Waals surface area (Å²) < 4.78 is 28.5. The number of benzene rings is 1. The standard InChI is InChI=1S/C18H21N4O5P/c1-13-3-5-16(12-19-13)26-18-11-15(4-6-17(18)22(23)24)14(2)27-28(25,20-7-8-20)21-9-10-21/h3-6,11-12,14H,7-10H2,1-2H3. The van der Waals surface area contributed by atoms with Crippen molar-refractivity contribution in [2.75, 3.05) is 26.2 Å². The molecule has 1 unspecified atom stereocenters. The van der Waals surface area contributed by atoms with E-state index in [1.165, 1.54) is 12.3 Å². The summed E-state index contributed by atoms with van der Waals surface area (Å²) in [6.07, 6.45) is 1.01. The van der Waals surface area contributed by atoms with Crippen LogP contribution in [-0.2, 0) is 9.09 Å². The molecular weight excluding hydrogens is 383 g/mol. The molecule has 9 nitrogen and oxygen atoms in total. The maximum Gasteiger partial charge on any atom is 0.346 e. The first-order valence-electron chi connectivity index (χ1n) is 9.05. The SMILES string of the molecule is Cc1ccc(Oc2cc(C(C)OP(=O)(N3CC3)N3CC3)ccc2[N+](=O)[O-])cn1. The van der Waals surface area contributed by atoms with Gasteiger partial charge in [-0.25, -0.2) is 9.34 Å². The van der Waals surface area contributed by atoms with Crippen molar-refractivity contribution in [2.45, 2.75) is 20.0 Å². The van der Waals surface area contributed by atoms with Crippen molar-refractivity contribution >= 4 is 13.4 Å². The van der Waals surface area contributed by atoms with Crippen molar-refractivity contribution in [1.29, 1.82) is 0 Å². The maximum absolute atomic E-state index is 13.2. The Hall–Kier alpha value is -2.32. The van der Waals surface area contributed by atoms with E-state index in [9.17, 15) is 14.7 Å². The van der Waals surface area contributed by atoms with Gasteiger partial charge in [-0.2, -0.15) is 0 Å². The first-order valence-corrected chi connectivity index (χ1v) is 10.6. The Kier molecular flexibility index (Phi) is 4.93. The largest absolute Gasteiger partial charge is 0.448 e. The van der Waals surface area contributed by atoms with Gasteiger partial charge in [-0.05, 0) is 43.7 Å². The van der Waals surface area contributed by atoms with Crippen LogP contribution >= 0.6 is 7.67 Å². The molecule has 0 N–H and O–H groups in total. The molecule has 0 bridgehead atoms. The maximum atomic E-state index is 13.2. The quantitative estimate of drug-likeness (QED) is 0.283. The Morgan fingerprint density at radius 3 is 2.39 bits per heavy atom. The van der Waals surface area contributed by atoms with E-state index >= 15 is 0 Å². The molecule has 2 aromatic rings. The molecule has 0 spiro atoms. The predicted octanol–water partition coefficient (Wildman–Crippen LogP) is 3.91. The molecule has 0 radical (unpaired) electrons. The molecule has 1 atom stereocenters. The first-order chi connectivity index (χ1) is 13.4. The van der Waals surface area contributed by atoms with Gasteiger partial charge in [0.2, 0.25) is 5.75 Å². The van der Waals surface area contributed by atoms with Crippen LogP contribution in [0.5, 0.6) is 11.5 Å². The lowest BCUT2D eigenvalue weighted by Gasteiger charge is -2.24. The Labute approximate surface area is 162 Å². The molecule has 148 valence electrons. The first kappa shape index (κ1) is 19.0. The van der Waals surface area contributed by atoms with Crippen LogP contribution < -0.4 is 4.74 Å². The molecule has 3 heterocycles. The van der Waals surface area contributed by atoms with Gasteiger partial charge in [-0.3, -0.25) is 24.2 Å². The van der Waals surface area contributed by atoms with Crippen LogP contribution in [0.1, 0.15) is 24.3 Å². The van der Waals surface area contributed by atoms with Crippen LogP contribution in [0.3, 0.4) is 0 Å². The summed E-state index contributed by atoms with van der Waals surface area (Å²) in [5.41, 5.74) is 1.32. The number of nitro groups is 1. The van der Waals surface area contributed by atoms with Crippen LogP contribution in [0.4, 0.5) is 5.69 Å². The monoisotopic (exact) mass is 404 g/mol. The number of pyridine rings is 1. The number of hydrogen-bond donors (Lipinski definition) is 0. The highest BCUT2D eigenvalue weighted by Crippen LogP contribution is 2.63. The number of aryl methyl sites for hydroxylation is 1. The van der Waals surface area contributed by atoms with Gasteiger partial charge in [0.15, 0.2) is 0 Å². The highest BCUT2D eigenvalue weighted by molar-refractivity contribution is 7.54. The fourth-order valence-corrected chi connectivity index (χ4v) is 5.18. The molecule has 2 fully saturated rings. The van der Waals surface area contributed by atoms with E-state index in [4.69, 9.17) is 9.26 Å². The zero-order valence-corrected chi connectivity index (χ0v) is 16.5. The van der Waals surface area contributed by atoms with E-state index in [1.807, 2.05) is 16.3 Å². The number of nitrogens with zero attached hydrogens (tertiary/aromatic N) is 4. The Morgan fingerprint density at radius 2 is 1.86 bits per heavy atom. The average molecular weight is 404 g/mol. The van der Waals surface area contributed by atoms with Crippen LogP contribution in [-0.4, -0.2) is 45.4 Å². The van der Waals surface area contributed by atoms with E-state index in [0.717, 1.165) is 31.9 Å². The minimum Gasteiger partial charge on any atom is -0.448 e. The molecule has 2 saturated heterocycles. The Morgan fingerprint density at radius 1 is 1.18 bits per heavy atom. The summed E-state index contributed by atoms with van der Waals surface area (Å²) in [7, 11) is -3.00. The topological polar surface area (TPSA) is 97.6 Å². The van der Waals surface area contributed by atoms with E-state index in [2.05, 4.69) is 4.98 Å². The van der Waals surface area contributed by atoms with Gasteiger partial charge in [-0.15, -0.1) is 0 Å². The molecule has 2 aliphatic heterocycles. The lowest BCUT2D eigenvalue weighted by Crippen LogP contribution is -2.10. The molecule has 28 heavy (non-hydrogen) atoms. The number of ether oxygens (including phenoxy) is 1. The van der Waals surface area contributed by atoms with Crippen LogP contribution in [0.2, 0.25) is 0 Å². The zero-order valence-electron chi connectivity index (χ0n) is 15.6. The zero-order chi connectivity index (χ0) is 19.9. The summed E-state index contributed by atoms with van der Waals surface area (Å²) in [6.45, 7) is 6.67. The van der Waals surface area contributed by atoms with E-state index < -0.39 is 18.7 Å². The Bertz CT molecular complexity index is 927. The van der Waals surface area contributed by atoms with Gasteiger partial charge in [0.1, 0.15) is 5.75 Å². The molecule has 0 saturated carbocycles. The van der Waals surface area contributed by atoms with Crippen molar-refractivity contribution in [3.8, 4) is 11.5 Å². The van der Waals surface area contributed by atoms with E-state index in [-0.39, 0.29) is 11.4 Å². The van der Waals surface area contributed by atoms with Gasteiger partial charge in [-0.1, -0.05) is 0 Å². The second-order valence-corrected chi connectivity index (χ2v) is 9.19. The fourth-order valence-electron chi connectivity index (χ4n) is 2.83. The highest BCUT2D eigenvalue weighted by Gasteiger charge is 2.50. The average Bonchev–Trinajstić information content (AvgIpc) is 3.55. The summed E-state index contributed by atoms with van der Waals surface area (Å²) in [5, 5.41) is 11.4. The lowest BCUT2D eigenvalue weighted by molar-refractivity contribution is -0.385. The fraction of sp³-hybridized carbons (Fsp3) is 0.389. The molecule has 4 rings (SSSR count). The number of aromatic nitrogens is 1. The second-order valence-electron chi connectivity index (χ2n) is 6.87. The molecule has 2 aliphatic rings. The summed E-state index contributed by atoms with van der Waals surface area (Å²) in [6, 6.07) is 8.02. The second kappa shape index (κ2) is 7.25. The van der Waals surface area contributed by atoms with Gasteiger partial charge < -0.3 is 4.74 Å². The lowest BCUT2D eigenvalue weighted by atomic mass is 10.1. The summed E-state index contributed by atoms with van der Waals surface area (Å²) in [5.74, 6) is 0.496. The van der Waals surface area contributed by atoms with E-state index in [0.29, 0.717) is 11.3 Å². The smallest absolute Gasteiger partial charge is 0.346 e. The third kappa shape index (κ3) is 3.93. The van der Waals surface area contributed by atoms with Gasteiger partial charge in [0.25, 0.3) is 0 Å². The molecule has 0 amide bonds. The van der Waals surface area contributed by atoms with Crippen LogP contribution in [0, 0.1) is 17.0 Å². The van der Waals surface area contributed by atoms with Crippen molar-refractivity contribution in [2.24, 2.45) is 0 Å². The summed E-state index contributed by atoms with van der Waals surface area (Å²) >= 11 is 0. The predicted molar refractivity (Wildman–Crippen MR) is 102 cm³/mol. The van der Waals surface area contributed by atoms with Crippen molar-refractivity contribution in [1.82, 2.24) is 14.3 Å². The number of hydrogen-bond acceptors (Lipinski definition) is 6. The summed E-state index contributed by atoms with van der Waals surface area (Å²) in [4.78, 5) is 15.0. The van der Waals surface area contributed by atoms with Crippen molar-refractivity contribution < 1.29 is 18.7 Å². The minimum atomic E-state index is -3.00. The molecule has 1 aromatic heterocycles. The third-order valence-corrected chi connectivity index (χ3v) is 7.44. The molecule has 10 heteroatoms. The molecular formula is C18H21N4O5P. The normalized spacial score (nSPS) is 17.9. The van der Waals surface area contributed by atoms with Gasteiger partial charge in [0.05, 0.1) is 17.2 Å².